The molecular formula is C15H25N3O2S. The summed E-state index contributed by atoms with van der Waals surface area (Å²) in [6.45, 7) is 0.905. The number of aryl methyl sites for hydroxylation is 1. The normalized spacial score (nSPS) is 26.0. The molecule has 1 aromatic rings. The first-order chi connectivity index (χ1) is 9.99. The van der Waals surface area contributed by atoms with Crippen LogP contribution in [0, 0.1) is 0 Å². The maximum Gasteiger partial charge on any atom is 0.242 e. The molecule has 5 nitrogen and oxygen atoms in total. The van der Waals surface area contributed by atoms with Crippen molar-refractivity contribution < 1.29 is 8.42 Å². The number of piperidine rings is 1. The van der Waals surface area contributed by atoms with E-state index in [1.807, 2.05) is 7.05 Å². The summed E-state index contributed by atoms with van der Waals surface area (Å²) in [5, 5.41) is 3.66. The Hall–Kier alpha value is -0.850. The van der Waals surface area contributed by atoms with Crippen molar-refractivity contribution in [3.8, 4) is 0 Å². The van der Waals surface area contributed by atoms with Crippen molar-refractivity contribution in [3.63, 3.8) is 0 Å². The molecule has 1 aliphatic heterocycles. The second kappa shape index (κ2) is 5.74. The highest BCUT2D eigenvalue weighted by atomic mass is 32.2. The highest BCUT2D eigenvalue weighted by Gasteiger charge is 2.38. The van der Waals surface area contributed by atoms with E-state index in [0.29, 0.717) is 4.90 Å². The number of sulfonamides is 1. The largest absolute Gasteiger partial charge is 0.356 e. The maximum atomic E-state index is 12.4. The van der Waals surface area contributed by atoms with Crippen LogP contribution in [0.5, 0.6) is 0 Å². The van der Waals surface area contributed by atoms with Crippen molar-refractivity contribution in [1.29, 1.82) is 0 Å². The zero-order valence-electron chi connectivity index (χ0n) is 12.6. The van der Waals surface area contributed by atoms with Crippen LogP contribution in [0.1, 0.15) is 44.9 Å². The van der Waals surface area contributed by atoms with Crippen LogP contribution in [-0.2, 0) is 17.1 Å². The lowest BCUT2D eigenvalue weighted by molar-refractivity contribution is 0.165. The molecule has 0 amide bonds. The summed E-state index contributed by atoms with van der Waals surface area (Å²) in [6.07, 6.45) is 11.4. The lowest BCUT2D eigenvalue weighted by Crippen LogP contribution is -2.57. The molecule has 1 atom stereocenters. The average Bonchev–Trinajstić information content (AvgIpc) is 2.87. The van der Waals surface area contributed by atoms with Gasteiger partial charge in [-0.1, -0.05) is 19.3 Å². The minimum atomic E-state index is -3.39. The molecule has 2 N–H and O–H groups in total. The predicted molar refractivity (Wildman–Crippen MR) is 82.6 cm³/mol. The number of nitrogens with one attached hydrogen (secondary N) is 2. The lowest BCUT2D eigenvalue weighted by atomic mass is 9.75. The SMILES string of the molecule is Cn1ccc(S(=O)(=O)NC2CCNC3(CCCCC3)C2)c1. The van der Waals surface area contributed by atoms with E-state index in [1.165, 1.54) is 32.1 Å². The van der Waals surface area contributed by atoms with Crippen LogP contribution >= 0.6 is 0 Å². The van der Waals surface area contributed by atoms with Gasteiger partial charge in [0.05, 0.1) is 4.90 Å². The highest BCUT2D eigenvalue weighted by Crippen LogP contribution is 2.35. The lowest BCUT2D eigenvalue weighted by Gasteiger charge is -2.44. The van der Waals surface area contributed by atoms with Gasteiger partial charge in [-0.25, -0.2) is 13.1 Å². The molecule has 0 bridgehead atoms. The first-order valence-corrected chi connectivity index (χ1v) is 9.37. The van der Waals surface area contributed by atoms with E-state index < -0.39 is 10.0 Å². The third-order valence-electron chi connectivity index (χ3n) is 4.88. The fraction of sp³-hybridized carbons (Fsp3) is 0.733. The number of nitrogens with zero attached hydrogens (tertiary/aromatic N) is 1. The Kier molecular flexibility index (Phi) is 4.12. The first kappa shape index (κ1) is 15.1. The van der Waals surface area contributed by atoms with Crippen molar-refractivity contribution in [1.82, 2.24) is 14.6 Å². The molecule has 2 aliphatic rings. The Bertz CT molecular complexity index is 582. The topological polar surface area (TPSA) is 63.1 Å². The zero-order chi connectivity index (χ0) is 14.9. The van der Waals surface area contributed by atoms with Gasteiger partial charge in [0.1, 0.15) is 0 Å². The molecule has 1 saturated heterocycles. The van der Waals surface area contributed by atoms with E-state index >= 15 is 0 Å². The third-order valence-corrected chi connectivity index (χ3v) is 6.38. The summed E-state index contributed by atoms with van der Waals surface area (Å²) in [5.41, 5.74) is 0.167. The Morgan fingerprint density at radius 3 is 2.76 bits per heavy atom. The Balaban J connectivity index is 1.69. The van der Waals surface area contributed by atoms with Gasteiger partial charge in [0.2, 0.25) is 10.0 Å². The van der Waals surface area contributed by atoms with Gasteiger partial charge in [-0.15, -0.1) is 0 Å². The highest BCUT2D eigenvalue weighted by molar-refractivity contribution is 7.89. The fourth-order valence-electron chi connectivity index (χ4n) is 3.79. The fourth-order valence-corrected chi connectivity index (χ4v) is 5.11. The summed E-state index contributed by atoms with van der Waals surface area (Å²) in [7, 11) is -1.56. The molecule has 118 valence electrons. The van der Waals surface area contributed by atoms with Gasteiger partial charge in [-0.05, 0) is 38.3 Å². The van der Waals surface area contributed by atoms with Crippen molar-refractivity contribution in [2.75, 3.05) is 6.54 Å². The van der Waals surface area contributed by atoms with Gasteiger partial charge in [-0.3, -0.25) is 0 Å². The van der Waals surface area contributed by atoms with E-state index in [-0.39, 0.29) is 11.6 Å². The van der Waals surface area contributed by atoms with E-state index in [2.05, 4.69) is 10.0 Å². The van der Waals surface area contributed by atoms with Gasteiger partial charge >= 0.3 is 0 Å². The van der Waals surface area contributed by atoms with Crippen molar-refractivity contribution in [3.05, 3.63) is 18.5 Å². The third kappa shape index (κ3) is 3.33. The maximum absolute atomic E-state index is 12.4. The van der Waals surface area contributed by atoms with Gasteiger partial charge in [0.15, 0.2) is 0 Å². The van der Waals surface area contributed by atoms with Crippen molar-refractivity contribution in [2.45, 2.75) is 61.4 Å². The molecule has 1 spiro atoms. The zero-order valence-corrected chi connectivity index (χ0v) is 13.5. The quantitative estimate of drug-likeness (QED) is 0.894. The van der Waals surface area contributed by atoms with Crippen LogP contribution < -0.4 is 10.0 Å². The molecule has 0 aromatic carbocycles. The molecule has 1 aliphatic carbocycles. The van der Waals surface area contributed by atoms with E-state index in [0.717, 1.165) is 19.4 Å². The smallest absolute Gasteiger partial charge is 0.242 e. The summed E-state index contributed by atoms with van der Waals surface area (Å²) < 4.78 is 29.6. The average molecular weight is 311 g/mol. The molecule has 1 unspecified atom stereocenters. The predicted octanol–water partition coefficient (Wildman–Crippen LogP) is 1.76. The number of hydrogen-bond acceptors (Lipinski definition) is 3. The van der Waals surface area contributed by atoms with E-state index in [9.17, 15) is 8.42 Å². The second-order valence-corrected chi connectivity index (χ2v) is 8.31. The Labute approximate surface area is 127 Å². The molecule has 1 saturated carbocycles. The number of aromatic nitrogens is 1. The summed E-state index contributed by atoms with van der Waals surface area (Å²) in [4.78, 5) is 0.362. The molecule has 3 rings (SSSR count). The Morgan fingerprint density at radius 1 is 1.33 bits per heavy atom. The summed E-state index contributed by atoms with van der Waals surface area (Å²) in [5.74, 6) is 0. The number of rotatable bonds is 3. The van der Waals surface area contributed by atoms with Crippen LogP contribution in [-0.4, -0.2) is 31.1 Å². The first-order valence-electron chi connectivity index (χ1n) is 7.89. The molecule has 2 heterocycles. The van der Waals surface area contributed by atoms with Crippen LogP contribution in [0.4, 0.5) is 0 Å². The van der Waals surface area contributed by atoms with Crippen LogP contribution in [0.15, 0.2) is 23.4 Å². The number of hydrogen-bond donors (Lipinski definition) is 2. The van der Waals surface area contributed by atoms with Crippen molar-refractivity contribution in [2.24, 2.45) is 7.05 Å². The molecule has 2 fully saturated rings. The monoisotopic (exact) mass is 311 g/mol. The molecule has 1 aromatic heterocycles. The van der Waals surface area contributed by atoms with Crippen LogP contribution in [0.2, 0.25) is 0 Å². The van der Waals surface area contributed by atoms with Crippen LogP contribution in [0.25, 0.3) is 0 Å². The Morgan fingerprint density at radius 2 is 2.10 bits per heavy atom. The van der Waals surface area contributed by atoms with Gasteiger partial charge in [-0.2, -0.15) is 0 Å². The summed E-state index contributed by atoms with van der Waals surface area (Å²) in [6, 6.07) is 1.70. The van der Waals surface area contributed by atoms with E-state index in [4.69, 9.17) is 0 Å². The minimum absolute atomic E-state index is 0.0505. The molecule has 21 heavy (non-hydrogen) atoms. The molecular weight excluding hydrogens is 286 g/mol. The molecule has 0 radical (unpaired) electrons. The van der Waals surface area contributed by atoms with Gasteiger partial charge < -0.3 is 9.88 Å². The van der Waals surface area contributed by atoms with Gasteiger partial charge in [0, 0.05) is 31.0 Å². The van der Waals surface area contributed by atoms with Gasteiger partial charge in [0.25, 0.3) is 0 Å². The van der Waals surface area contributed by atoms with Crippen molar-refractivity contribution >= 4 is 10.0 Å². The second-order valence-electron chi connectivity index (χ2n) is 6.59. The van der Waals surface area contributed by atoms with Crippen LogP contribution in [0.3, 0.4) is 0 Å². The standard InChI is InChI=1S/C15H25N3O2S/c1-18-10-6-14(12-18)21(19,20)17-13-5-9-16-15(11-13)7-3-2-4-8-15/h6,10,12-13,16-17H,2-5,7-9,11H2,1H3. The summed E-state index contributed by atoms with van der Waals surface area (Å²) >= 11 is 0. The van der Waals surface area contributed by atoms with E-state index in [1.54, 1.807) is 23.0 Å². The molecule has 6 heteroatoms. The minimum Gasteiger partial charge on any atom is -0.356 e.